The standard InChI is InChI=1S/C28H22N4O2/c1-15-21-6-3-17(29-21)13-18-4-7-22(30-18)16(2)24-9-11-26(32-24)28(25-10-8-23(15)31-25)20-14-19(33)5-12-27(20)34/h3-14,29-30,33-34H,1-2H3. The topological polar surface area (TPSA) is 97.8 Å². The lowest BCUT2D eigenvalue weighted by Gasteiger charge is -2.08. The van der Waals surface area contributed by atoms with Gasteiger partial charge in [0.1, 0.15) is 11.5 Å². The van der Waals surface area contributed by atoms with Crippen LogP contribution in [0.2, 0.25) is 0 Å². The van der Waals surface area contributed by atoms with E-state index in [-0.39, 0.29) is 11.5 Å². The Morgan fingerprint density at radius 3 is 1.71 bits per heavy atom. The molecule has 0 amide bonds. The molecule has 0 aliphatic carbocycles. The fourth-order valence-corrected chi connectivity index (χ4v) is 4.43. The quantitative estimate of drug-likeness (QED) is 0.221. The summed E-state index contributed by atoms with van der Waals surface area (Å²) in [5.41, 5.74) is 10.1. The first-order valence-corrected chi connectivity index (χ1v) is 11.0. The van der Waals surface area contributed by atoms with Crippen LogP contribution in [0.4, 0.5) is 0 Å². The molecule has 3 aromatic heterocycles. The Morgan fingerprint density at radius 1 is 0.618 bits per heavy atom. The van der Waals surface area contributed by atoms with E-state index in [1.165, 1.54) is 12.1 Å². The van der Waals surface area contributed by atoms with E-state index in [1.807, 2.05) is 62.4 Å². The molecule has 0 atom stereocenters. The summed E-state index contributed by atoms with van der Waals surface area (Å²) in [4.78, 5) is 16.7. The van der Waals surface area contributed by atoms with Crippen LogP contribution in [0.3, 0.4) is 0 Å². The fraction of sp³-hybridized carbons (Fsp3) is 0.0714. The van der Waals surface area contributed by atoms with Crippen LogP contribution in [0.5, 0.6) is 11.5 Å². The number of nitrogens with one attached hydrogen (secondary N) is 2. The summed E-state index contributed by atoms with van der Waals surface area (Å²) >= 11 is 0. The van der Waals surface area contributed by atoms with Crippen molar-refractivity contribution in [2.24, 2.45) is 0 Å². The summed E-state index contributed by atoms with van der Waals surface area (Å²) in [6.45, 7) is 4.06. The zero-order chi connectivity index (χ0) is 23.4. The maximum Gasteiger partial charge on any atom is 0.123 e. The van der Waals surface area contributed by atoms with E-state index in [0.717, 1.165) is 44.6 Å². The summed E-state index contributed by atoms with van der Waals surface area (Å²) in [6.07, 6.45) is 7.77. The van der Waals surface area contributed by atoms with Gasteiger partial charge in [0.25, 0.3) is 0 Å². The molecular formula is C28H22N4O2. The minimum absolute atomic E-state index is 0.0521. The number of fused-ring (bicyclic) bond motifs is 8. The SMILES string of the molecule is Cc1c2nc(c(-c3cc(O)ccc3O)c3nc(c(C)c4ccc(cc5ccc1[nH]5)[nH]4)C=C3)C=C2. The summed E-state index contributed by atoms with van der Waals surface area (Å²) < 4.78 is 0. The van der Waals surface area contributed by atoms with Crippen molar-refractivity contribution in [3.63, 3.8) is 0 Å². The Morgan fingerprint density at radius 2 is 1.15 bits per heavy atom. The molecule has 2 aliphatic heterocycles. The molecule has 6 heteroatoms. The number of hydrogen-bond acceptors (Lipinski definition) is 4. The molecule has 5 heterocycles. The lowest BCUT2D eigenvalue weighted by atomic mass is 10.0. The largest absolute Gasteiger partial charge is 0.508 e. The number of phenols is 2. The van der Waals surface area contributed by atoms with E-state index >= 15 is 0 Å². The average molecular weight is 447 g/mol. The highest BCUT2D eigenvalue weighted by Crippen LogP contribution is 2.38. The molecule has 1 aromatic carbocycles. The highest BCUT2D eigenvalue weighted by Gasteiger charge is 2.18. The van der Waals surface area contributed by atoms with Crippen LogP contribution in [0.25, 0.3) is 57.5 Å². The first-order valence-electron chi connectivity index (χ1n) is 11.0. The van der Waals surface area contributed by atoms with E-state index in [0.29, 0.717) is 22.5 Å². The molecule has 4 N–H and O–H groups in total. The number of aromatic hydroxyl groups is 2. The minimum atomic E-state index is 0.0521. The second-order valence-corrected chi connectivity index (χ2v) is 8.56. The van der Waals surface area contributed by atoms with Gasteiger partial charge in [0.05, 0.1) is 22.8 Å². The number of hydrogen-bond donors (Lipinski definition) is 4. The van der Waals surface area contributed by atoms with Gasteiger partial charge in [-0.05, 0) is 97.8 Å². The third-order valence-electron chi connectivity index (χ3n) is 6.35. The second kappa shape index (κ2) is 7.49. The Balaban J connectivity index is 1.79. The summed E-state index contributed by atoms with van der Waals surface area (Å²) in [5, 5.41) is 20.8. The molecule has 0 saturated carbocycles. The molecule has 0 fully saturated rings. The van der Waals surface area contributed by atoms with Gasteiger partial charge in [0, 0.05) is 33.2 Å². The van der Waals surface area contributed by atoms with Crippen LogP contribution in [0.1, 0.15) is 33.9 Å². The Hall–Kier alpha value is -4.58. The van der Waals surface area contributed by atoms with Crippen molar-refractivity contribution in [1.29, 1.82) is 0 Å². The van der Waals surface area contributed by atoms with E-state index in [4.69, 9.17) is 9.97 Å². The molecule has 0 saturated heterocycles. The molecule has 6 nitrogen and oxygen atoms in total. The van der Waals surface area contributed by atoms with Crippen LogP contribution in [0.15, 0.2) is 48.5 Å². The number of H-pyrrole nitrogens is 2. The Bertz CT molecular complexity index is 1610. The molecular weight excluding hydrogens is 424 g/mol. The average Bonchev–Trinajstić information content (AvgIpc) is 3.63. The molecule has 8 bridgehead atoms. The van der Waals surface area contributed by atoms with Gasteiger partial charge in [0.2, 0.25) is 0 Å². The summed E-state index contributed by atoms with van der Waals surface area (Å²) in [6, 6.07) is 14.7. The Labute approximate surface area is 195 Å². The number of aryl methyl sites for hydroxylation is 2. The second-order valence-electron chi connectivity index (χ2n) is 8.56. The lowest BCUT2D eigenvalue weighted by Crippen LogP contribution is -1.91. The zero-order valence-corrected chi connectivity index (χ0v) is 18.7. The lowest BCUT2D eigenvalue weighted by molar-refractivity contribution is 0.462. The highest BCUT2D eigenvalue weighted by molar-refractivity contribution is 5.91. The van der Waals surface area contributed by atoms with Crippen molar-refractivity contribution < 1.29 is 10.2 Å². The van der Waals surface area contributed by atoms with Crippen LogP contribution in [-0.2, 0) is 0 Å². The van der Waals surface area contributed by atoms with E-state index in [2.05, 4.69) is 16.0 Å². The zero-order valence-electron chi connectivity index (χ0n) is 18.7. The fourth-order valence-electron chi connectivity index (χ4n) is 4.43. The van der Waals surface area contributed by atoms with Gasteiger partial charge >= 0.3 is 0 Å². The molecule has 6 rings (SSSR count). The van der Waals surface area contributed by atoms with Crippen LogP contribution in [0, 0.1) is 13.8 Å². The predicted molar refractivity (Wildman–Crippen MR) is 137 cm³/mol. The third kappa shape index (κ3) is 3.28. The van der Waals surface area contributed by atoms with Crippen molar-refractivity contribution >= 4 is 46.4 Å². The van der Waals surface area contributed by atoms with Gasteiger partial charge < -0.3 is 20.2 Å². The van der Waals surface area contributed by atoms with Crippen molar-refractivity contribution in [2.75, 3.05) is 0 Å². The van der Waals surface area contributed by atoms with E-state index < -0.39 is 0 Å². The number of aromatic amines is 2. The summed E-state index contributed by atoms with van der Waals surface area (Å²) in [5.74, 6) is 0.113. The van der Waals surface area contributed by atoms with Crippen LogP contribution < -0.4 is 0 Å². The highest BCUT2D eigenvalue weighted by atomic mass is 16.3. The maximum absolute atomic E-state index is 10.7. The molecule has 166 valence electrons. The van der Waals surface area contributed by atoms with Crippen molar-refractivity contribution in [2.45, 2.75) is 13.8 Å². The van der Waals surface area contributed by atoms with Gasteiger partial charge in [-0.1, -0.05) is 0 Å². The first kappa shape index (κ1) is 20.1. The summed E-state index contributed by atoms with van der Waals surface area (Å²) in [7, 11) is 0. The normalized spacial score (nSPS) is 12.4. The Kier molecular flexibility index (Phi) is 4.42. The van der Waals surface area contributed by atoms with Crippen molar-refractivity contribution in [1.82, 2.24) is 19.9 Å². The first-order chi connectivity index (χ1) is 16.5. The maximum atomic E-state index is 10.7. The number of aromatic nitrogens is 4. The molecule has 0 unspecified atom stereocenters. The van der Waals surface area contributed by atoms with Gasteiger partial charge in [-0.2, -0.15) is 0 Å². The van der Waals surface area contributed by atoms with Gasteiger partial charge in [0.15, 0.2) is 0 Å². The third-order valence-corrected chi connectivity index (χ3v) is 6.35. The van der Waals surface area contributed by atoms with Gasteiger partial charge in [-0.3, -0.25) is 0 Å². The predicted octanol–water partition coefficient (Wildman–Crippen LogP) is 6.35. The van der Waals surface area contributed by atoms with Crippen LogP contribution >= 0.6 is 0 Å². The van der Waals surface area contributed by atoms with Crippen LogP contribution in [-0.4, -0.2) is 30.1 Å². The van der Waals surface area contributed by atoms with Crippen molar-refractivity contribution in [3.8, 4) is 22.6 Å². The molecule has 0 radical (unpaired) electrons. The number of benzene rings is 1. The number of rotatable bonds is 1. The van der Waals surface area contributed by atoms with E-state index in [9.17, 15) is 10.2 Å². The number of phenolic OH excluding ortho intramolecular Hbond substituents is 2. The van der Waals surface area contributed by atoms with Crippen molar-refractivity contribution in [3.05, 3.63) is 82.4 Å². The monoisotopic (exact) mass is 446 g/mol. The smallest absolute Gasteiger partial charge is 0.123 e. The molecule has 34 heavy (non-hydrogen) atoms. The molecule has 0 spiro atoms. The minimum Gasteiger partial charge on any atom is -0.508 e. The molecule has 4 aromatic rings. The van der Waals surface area contributed by atoms with E-state index in [1.54, 1.807) is 6.07 Å². The van der Waals surface area contributed by atoms with Gasteiger partial charge in [-0.25, -0.2) is 9.97 Å². The molecule has 2 aliphatic rings. The number of nitrogens with zero attached hydrogens (tertiary/aromatic N) is 2. The van der Waals surface area contributed by atoms with Gasteiger partial charge in [-0.15, -0.1) is 0 Å².